The number of hydrogen-bond donors (Lipinski definition) is 0. The van der Waals surface area contributed by atoms with Crippen molar-refractivity contribution in [2.45, 2.75) is 46.3 Å². The van der Waals surface area contributed by atoms with E-state index in [0.29, 0.717) is 23.9 Å². The molecule has 2 heterocycles. The lowest BCUT2D eigenvalue weighted by molar-refractivity contribution is 0.0155. The molecule has 3 rings (SSSR count). The third kappa shape index (κ3) is 5.88. The second-order valence-electron chi connectivity index (χ2n) is 9.23. The highest BCUT2D eigenvalue weighted by Crippen LogP contribution is 2.41. The highest BCUT2D eigenvalue weighted by Gasteiger charge is 2.29. The molecule has 0 bridgehead atoms. The van der Waals surface area contributed by atoms with Crippen LogP contribution in [-0.2, 0) is 11.3 Å². The van der Waals surface area contributed by atoms with E-state index in [4.69, 9.17) is 14.2 Å². The quantitative estimate of drug-likeness (QED) is 0.389. The maximum Gasteiger partial charge on any atom is 0.213 e. The summed E-state index contributed by atoms with van der Waals surface area (Å²) in [6.45, 7) is 12.7. The Morgan fingerprint density at radius 3 is 2.39 bits per heavy atom. The van der Waals surface area contributed by atoms with Crippen LogP contribution < -0.4 is 9.47 Å². The minimum Gasteiger partial charge on any atom is -0.481 e. The first kappa shape index (κ1) is 24.6. The zero-order chi connectivity index (χ0) is 24.2. The molecule has 1 radical (unpaired) electrons. The smallest absolute Gasteiger partial charge is 0.213 e. The van der Waals surface area contributed by atoms with Gasteiger partial charge in [-0.25, -0.2) is 14.4 Å². The summed E-state index contributed by atoms with van der Waals surface area (Å²) < 4.78 is 31.9. The number of methoxy groups -OCH3 is 2. The normalized spacial score (nSPS) is 12.6. The van der Waals surface area contributed by atoms with Crippen LogP contribution in [0.4, 0.5) is 4.39 Å². The number of hydrogen-bond acceptors (Lipinski definition) is 5. The van der Waals surface area contributed by atoms with E-state index in [1.54, 1.807) is 19.4 Å². The number of ether oxygens (including phenoxy) is 3. The van der Waals surface area contributed by atoms with Gasteiger partial charge in [-0.1, -0.05) is 39.8 Å². The summed E-state index contributed by atoms with van der Waals surface area (Å²) in [5.41, 5.74) is 3.77. The maximum atomic E-state index is 14.8. The topological polar surface area (TPSA) is 53.5 Å². The van der Waals surface area contributed by atoms with Crippen molar-refractivity contribution in [1.29, 1.82) is 0 Å². The SMILES string of the molecule is [CH2][C@H](C)c1ccnc(OCc2ccc(-c3cc(OC)ncc3F)c([C@@H](OC)C(C)(C)C)c2)c1. The summed E-state index contributed by atoms with van der Waals surface area (Å²) in [5.74, 6) is 0.605. The third-order valence-electron chi connectivity index (χ3n) is 5.46. The van der Waals surface area contributed by atoms with E-state index in [0.717, 1.165) is 22.3 Å². The number of halogens is 1. The molecule has 2 atom stereocenters. The van der Waals surface area contributed by atoms with Crippen LogP contribution in [-0.4, -0.2) is 24.2 Å². The van der Waals surface area contributed by atoms with Crippen molar-refractivity contribution in [3.05, 3.63) is 78.2 Å². The Morgan fingerprint density at radius 1 is 1.00 bits per heavy atom. The van der Waals surface area contributed by atoms with E-state index in [9.17, 15) is 4.39 Å². The lowest BCUT2D eigenvalue weighted by Gasteiger charge is -2.32. The van der Waals surface area contributed by atoms with E-state index in [2.05, 4.69) is 37.7 Å². The lowest BCUT2D eigenvalue weighted by atomic mass is 9.81. The standard InChI is InChI=1S/C27H32FN2O3/c1-17(2)19-10-11-29-25(13-19)33-16-18-8-9-20(21-14-24(31-6)30-15-23(21)28)22(12-18)26(32-7)27(3,4)5/h8-15,17,26H,1,16H2,2-7H3/t17-,26-/m1/s1. The van der Waals surface area contributed by atoms with Gasteiger partial charge in [-0.05, 0) is 52.6 Å². The predicted octanol–water partition coefficient (Wildman–Crippen LogP) is 6.54. The zero-order valence-corrected chi connectivity index (χ0v) is 20.2. The van der Waals surface area contributed by atoms with Crippen LogP contribution in [0.25, 0.3) is 11.1 Å². The number of benzene rings is 1. The molecular weight excluding hydrogens is 419 g/mol. The van der Waals surface area contributed by atoms with Crippen LogP contribution in [0, 0.1) is 18.2 Å². The lowest BCUT2D eigenvalue weighted by Crippen LogP contribution is -2.21. The molecule has 3 aromatic rings. The summed E-state index contributed by atoms with van der Waals surface area (Å²) >= 11 is 0. The van der Waals surface area contributed by atoms with Crippen LogP contribution >= 0.6 is 0 Å². The molecule has 0 unspecified atom stereocenters. The largest absolute Gasteiger partial charge is 0.481 e. The van der Waals surface area contributed by atoms with Crippen molar-refractivity contribution >= 4 is 0 Å². The highest BCUT2D eigenvalue weighted by molar-refractivity contribution is 5.70. The summed E-state index contributed by atoms with van der Waals surface area (Å²) in [6, 6.07) is 11.3. The molecule has 6 heteroatoms. The van der Waals surface area contributed by atoms with Crippen molar-refractivity contribution < 1.29 is 18.6 Å². The number of rotatable bonds is 8. The minimum absolute atomic E-state index is 0.141. The Morgan fingerprint density at radius 2 is 1.76 bits per heavy atom. The molecule has 0 aliphatic rings. The second-order valence-corrected chi connectivity index (χ2v) is 9.23. The maximum absolute atomic E-state index is 14.8. The van der Waals surface area contributed by atoms with Gasteiger partial charge in [-0.15, -0.1) is 0 Å². The van der Waals surface area contributed by atoms with Crippen molar-refractivity contribution in [3.63, 3.8) is 0 Å². The summed E-state index contributed by atoms with van der Waals surface area (Å²) in [4.78, 5) is 8.27. The van der Waals surface area contributed by atoms with Crippen LogP contribution in [0.3, 0.4) is 0 Å². The Bertz CT molecular complexity index is 1090. The van der Waals surface area contributed by atoms with Gasteiger partial charge in [0.2, 0.25) is 11.8 Å². The van der Waals surface area contributed by atoms with E-state index < -0.39 is 5.82 Å². The molecule has 0 spiro atoms. The molecule has 0 saturated heterocycles. The number of aromatic nitrogens is 2. The fraction of sp³-hybridized carbons (Fsp3) is 0.370. The molecule has 2 aromatic heterocycles. The Hall–Kier alpha value is -2.99. The molecule has 0 aliphatic carbocycles. The first-order chi connectivity index (χ1) is 15.6. The average molecular weight is 452 g/mol. The van der Waals surface area contributed by atoms with Gasteiger partial charge in [0.25, 0.3) is 0 Å². The monoisotopic (exact) mass is 451 g/mol. The molecule has 0 fully saturated rings. The zero-order valence-electron chi connectivity index (χ0n) is 20.2. The van der Waals surface area contributed by atoms with E-state index in [1.165, 1.54) is 13.3 Å². The molecular formula is C27H32FN2O3. The van der Waals surface area contributed by atoms with Gasteiger partial charge in [0.15, 0.2) is 0 Å². The molecule has 5 nitrogen and oxygen atoms in total. The van der Waals surface area contributed by atoms with Crippen molar-refractivity contribution in [1.82, 2.24) is 9.97 Å². The summed E-state index contributed by atoms with van der Waals surface area (Å²) in [7, 11) is 3.18. The van der Waals surface area contributed by atoms with Gasteiger partial charge >= 0.3 is 0 Å². The Kier molecular flexibility index (Phi) is 7.69. The first-order valence-corrected chi connectivity index (χ1v) is 10.9. The van der Waals surface area contributed by atoms with Gasteiger partial charge in [0, 0.05) is 31.0 Å². The molecule has 0 saturated carbocycles. The molecule has 0 N–H and O–H groups in total. The van der Waals surface area contributed by atoms with Gasteiger partial charge in [0.1, 0.15) is 12.4 Å². The van der Waals surface area contributed by atoms with Crippen molar-refractivity contribution in [2.75, 3.05) is 14.2 Å². The second kappa shape index (κ2) is 10.3. The fourth-order valence-corrected chi connectivity index (χ4v) is 3.82. The van der Waals surface area contributed by atoms with E-state index in [-0.39, 0.29) is 17.4 Å². The molecule has 175 valence electrons. The Balaban J connectivity index is 2.01. The van der Waals surface area contributed by atoms with Crippen molar-refractivity contribution in [2.24, 2.45) is 5.41 Å². The molecule has 1 aromatic carbocycles. The number of pyridine rings is 2. The van der Waals surface area contributed by atoms with Gasteiger partial charge < -0.3 is 14.2 Å². The van der Waals surface area contributed by atoms with Crippen LogP contribution in [0.2, 0.25) is 0 Å². The third-order valence-corrected chi connectivity index (χ3v) is 5.46. The van der Waals surface area contributed by atoms with Crippen molar-refractivity contribution in [3.8, 4) is 22.9 Å². The van der Waals surface area contributed by atoms with E-state index >= 15 is 0 Å². The van der Waals surface area contributed by atoms with Crippen LogP contribution in [0.1, 0.15) is 56.4 Å². The van der Waals surface area contributed by atoms with Crippen LogP contribution in [0.5, 0.6) is 11.8 Å². The molecule has 33 heavy (non-hydrogen) atoms. The van der Waals surface area contributed by atoms with Gasteiger partial charge in [-0.2, -0.15) is 0 Å². The first-order valence-electron chi connectivity index (χ1n) is 10.9. The van der Waals surface area contributed by atoms with E-state index in [1.807, 2.05) is 37.3 Å². The minimum atomic E-state index is -0.423. The number of nitrogens with zero attached hydrogens (tertiary/aromatic N) is 2. The van der Waals surface area contributed by atoms with Gasteiger partial charge in [-0.3, -0.25) is 0 Å². The highest BCUT2D eigenvalue weighted by atomic mass is 19.1. The predicted molar refractivity (Wildman–Crippen MR) is 128 cm³/mol. The summed E-state index contributed by atoms with van der Waals surface area (Å²) in [6.07, 6.45) is 2.62. The fourth-order valence-electron chi connectivity index (χ4n) is 3.82. The average Bonchev–Trinajstić information content (AvgIpc) is 2.78. The molecule has 0 amide bonds. The molecule has 0 aliphatic heterocycles. The van der Waals surface area contributed by atoms with Gasteiger partial charge in [0.05, 0.1) is 19.4 Å². The Labute approximate surface area is 196 Å². The summed E-state index contributed by atoms with van der Waals surface area (Å²) in [5, 5.41) is 0. The van der Waals surface area contributed by atoms with Crippen LogP contribution in [0.15, 0.2) is 48.8 Å².